The Bertz CT molecular complexity index is 1180. The third kappa shape index (κ3) is 10.1. The predicted octanol–water partition coefficient (Wildman–Crippen LogP) is 5.79. The molecule has 10 nitrogen and oxygen atoms in total. The van der Waals surface area contributed by atoms with Crippen LogP contribution in [0.25, 0.3) is 0 Å². The van der Waals surface area contributed by atoms with Crippen molar-refractivity contribution in [3.05, 3.63) is 41.0 Å². The van der Waals surface area contributed by atoms with Crippen LogP contribution in [0.4, 0.5) is 5.69 Å². The van der Waals surface area contributed by atoms with Gasteiger partial charge in [0.2, 0.25) is 0 Å². The molecule has 0 aromatic heterocycles. The first-order chi connectivity index (χ1) is 21.0. The molecule has 3 atom stereocenters. The van der Waals surface area contributed by atoms with E-state index in [-0.39, 0.29) is 29.6 Å². The highest BCUT2D eigenvalue weighted by atomic mass is 16.2. The van der Waals surface area contributed by atoms with E-state index in [1.165, 1.54) is 0 Å². The van der Waals surface area contributed by atoms with E-state index in [1.54, 1.807) is 52.0 Å². The van der Waals surface area contributed by atoms with E-state index in [2.05, 4.69) is 36.3 Å². The van der Waals surface area contributed by atoms with Gasteiger partial charge >= 0.3 is 0 Å². The van der Waals surface area contributed by atoms with Crippen molar-refractivity contribution in [1.82, 2.24) is 15.1 Å². The molecule has 0 fully saturated rings. The summed E-state index contributed by atoms with van der Waals surface area (Å²) in [7, 11) is 0. The van der Waals surface area contributed by atoms with Gasteiger partial charge in [0.05, 0.1) is 5.69 Å². The highest BCUT2D eigenvalue weighted by molar-refractivity contribution is 6.25. The fraction of sp³-hybridized carbons (Fsp3) is 0.647. The maximum absolute atomic E-state index is 14.0. The molecule has 0 aliphatic carbocycles. The number of benzene rings is 1. The molecule has 1 aliphatic rings. The van der Waals surface area contributed by atoms with Gasteiger partial charge in [0.1, 0.15) is 5.57 Å². The van der Waals surface area contributed by atoms with Crippen LogP contribution in [0.2, 0.25) is 0 Å². The summed E-state index contributed by atoms with van der Waals surface area (Å²) in [5.41, 5.74) is 6.88. The Morgan fingerprint density at radius 3 is 2.20 bits per heavy atom. The quantitative estimate of drug-likeness (QED) is 0.123. The number of imide groups is 1. The third-order valence-electron chi connectivity index (χ3n) is 8.29. The average molecular weight is 611 g/mol. The van der Waals surface area contributed by atoms with Crippen LogP contribution < -0.4 is 11.1 Å². The predicted molar refractivity (Wildman–Crippen MR) is 174 cm³/mol. The third-order valence-corrected chi connectivity index (χ3v) is 8.29. The number of nitrogens with two attached hydrogens (primary N) is 1. The lowest BCUT2D eigenvalue weighted by Crippen LogP contribution is -2.51. The van der Waals surface area contributed by atoms with Crippen molar-refractivity contribution in [3.8, 4) is 0 Å². The molecule has 0 saturated heterocycles. The molecular weight excluding hydrogens is 556 g/mol. The van der Waals surface area contributed by atoms with Crippen molar-refractivity contribution >= 4 is 29.3 Å². The molecule has 1 aromatic carbocycles. The van der Waals surface area contributed by atoms with Gasteiger partial charge in [0.15, 0.2) is 6.04 Å². The standard InChI is InChI=1S/C34H54N6O4/c1-8-12-15-25(9-2)21-39(22-26(10-3)16-14-19-35)32(42)27-17-13-18-28(20-27)37-38-30-24(7)29(31(41)36-23(5)6)33(43)40(11-4)34(30)44/h13,17-18,20,23,25-26,30H,8-12,14-16,19,21-22,35H2,1-7H3,(H,36,41). The molecule has 1 heterocycles. The van der Waals surface area contributed by atoms with E-state index in [4.69, 9.17) is 5.73 Å². The summed E-state index contributed by atoms with van der Waals surface area (Å²) in [4.78, 5) is 56.0. The van der Waals surface area contributed by atoms with Crippen LogP contribution in [0.3, 0.4) is 0 Å². The van der Waals surface area contributed by atoms with Crippen LogP contribution in [0.15, 0.2) is 45.6 Å². The van der Waals surface area contributed by atoms with Crippen molar-refractivity contribution in [2.75, 3.05) is 26.2 Å². The minimum absolute atomic E-state index is 0.0524. The Morgan fingerprint density at radius 2 is 1.66 bits per heavy atom. The lowest BCUT2D eigenvalue weighted by molar-refractivity contribution is -0.144. The van der Waals surface area contributed by atoms with Gasteiger partial charge in [-0.2, -0.15) is 10.2 Å². The molecule has 2 rings (SSSR count). The van der Waals surface area contributed by atoms with E-state index < -0.39 is 23.8 Å². The smallest absolute Gasteiger partial charge is 0.266 e. The van der Waals surface area contributed by atoms with Gasteiger partial charge in [-0.05, 0) is 89.1 Å². The molecule has 44 heavy (non-hydrogen) atoms. The Labute approximate surface area is 263 Å². The molecule has 1 aromatic rings. The van der Waals surface area contributed by atoms with Gasteiger partial charge in [-0.15, -0.1) is 0 Å². The number of carbonyl (C=O) groups is 4. The first kappa shape index (κ1) is 36.8. The molecule has 0 bridgehead atoms. The van der Waals surface area contributed by atoms with Crippen LogP contribution >= 0.6 is 0 Å². The van der Waals surface area contributed by atoms with Crippen molar-refractivity contribution in [2.45, 2.75) is 105 Å². The average Bonchev–Trinajstić information content (AvgIpc) is 2.99. The minimum Gasteiger partial charge on any atom is -0.350 e. The van der Waals surface area contributed by atoms with Gasteiger partial charge in [-0.3, -0.25) is 24.1 Å². The highest BCUT2D eigenvalue weighted by Gasteiger charge is 2.41. The van der Waals surface area contributed by atoms with E-state index >= 15 is 0 Å². The highest BCUT2D eigenvalue weighted by Crippen LogP contribution is 2.26. The fourth-order valence-corrected chi connectivity index (χ4v) is 5.54. The molecule has 0 saturated carbocycles. The summed E-state index contributed by atoms with van der Waals surface area (Å²) >= 11 is 0. The van der Waals surface area contributed by atoms with Crippen molar-refractivity contribution in [1.29, 1.82) is 0 Å². The second-order valence-corrected chi connectivity index (χ2v) is 12.1. The Morgan fingerprint density at radius 1 is 1.02 bits per heavy atom. The zero-order chi connectivity index (χ0) is 32.8. The summed E-state index contributed by atoms with van der Waals surface area (Å²) < 4.78 is 0. The Hall–Kier alpha value is -3.40. The topological polar surface area (TPSA) is 138 Å². The zero-order valence-electron chi connectivity index (χ0n) is 27.9. The first-order valence-corrected chi connectivity index (χ1v) is 16.4. The molecule has 10 heteroatoms. The second kappa shape index (κ2) is 18.4. The van der Waals surface area contributed by atoms with Crippen LogP contribution in [0.1, 0.15) is 104 Å². The molecule has 4 amide bonds. The van der Waals surface area contributed by atoms with E-state index in [0.717, 1.165) is 49.8 Å². The summed E-state index contributed by atoms with van der Waals surface area (Å²) in [6, 6.07) is 5.65. The fourth-order valence-electron chi connectivity index (χ4n) is 5.54. The lowest BCUT2D eigenvalue weighted by atomic mass is 9.95. The normalized spacial score (nSPS) is 17.0. The van der Waals surface area contributed by atoms with Crippen molar-refractivity contribution in [3.63, 3.8) is 0 Å². The van der Waals surface area contributed by atoms with Crippen LogP contribution in [0.5, 0.6) is 0 Å². The maximum atomic E-state index is 14.0. The summed E-state index contributed by atoms with van der Waals surface area (Å²) in [5, 5.41) is 11.4. The number of rotatable bonds is 18. The van der Waals surface area contributed by atoms with Gasteiger partial charge in [0, 0.05) is 31.2 Å². The largest absolute Gasteiger partial charge is 0.350 e. The first-order valence-electron chi connectivity index (χ1n) is 16.4. The van der Waals surface area contributed by atoms with Gasteiger partial charge in [-0.25, -0.2) is 0 Å². The Balaban J connectivity index is 2.41. The van der Waals surface area contributed by atoms with E-state index in [1.807, 2.05) is 4.90 Å². The maximum Gasteiger partial charge on any atom is 0.266 e. The van der Waals surface area contributed by atoms with Gasteiger partial charge in [0.25, 0.3) is 23.6 Å². The van der Waals surface area contributed by atoms with Crippen LogP contribution in [-0.4, -0.2) is 71.7 Å². The SMILES string of the molecule is CCCCC(CC)CN(CC(CC)CCCN)C(=O)c1cccc(N=NC2C(=O)N(CC)C(=O)C(C(=O)NC(C)C)=C2C)c1. The summed E-state index contributed by atoms with van der Waals surface area (Å²) in [5.74, 6) is -0.960. The molecule has 3 unspecified atom stereocenters. The van der Waals surface area contributed by atoms with E-state index in [0.29, 0.717) is 42.7 Å². The van der Waals surface area contributed by atoms with Gasteiger partial charge in [-0.1, -0.05) is 52.5 Å². The minimum atomic E-state index is -1.12. The summed E-state index contributed by atoms with van der Waals surface area (Å²) in [6.45, 7) is 15.5. The molecule has 1 aliphatic heterocycles. The zero-order valence-corrected chi connectivity index (χ0v) is 27.9. The van der Waals surface area contributed by atoms with Crippen LogP contribution in [0, 0.1) is 11.8 Å². The Kier molecular flexibility index (Phi) is 15.4. The number of carbonyl (C=O) groups excluding carboxylic acids is 4. The number of likely N-dealkylation sites (N-methyl/N-ethyl adjacent to an activating group) is 1. The lowest BCUT2D eigenvalue weighted by Gasteiger charge is -2.31. The van der Waals surface area contributed by atoms with Crippen LogP contribution in [-0.2, 0) is 14.4 Å². The number of unbranched alkanes of at least 4 members (excludes halogenated alkanes) is 1. The molecule has 244 valence electrons. The number of hydrogen-bond donors (Lipinski definition) is 2. The molecular formula is C34H54N6O4. The van der Waals surface area contributed by atoms with Crippen molar-refractivity contribution in [2.24, 2.45) is 27.8 Å². The monoisotopic (exact) mass is 610 g/mol. The number of hydrogen-bond acceptors (Lipinski definition) is 7. The number of nitrogens with zero attached hydrogens (tertiary/aromatic N) is 4. The second-order valence-electron chi connectivity index (χ2n) is 12.1. The summed E-state index contributed by atoms with van der Waals surface area (Å²) in [6.07, 6.45) is 7.23. The number of azo groups is 1. The van der Waals surface area contributed by atoms with Gasteiger partial charge < -0.3 is 16.0 Å². The number of amides is 4. The molecule has 0 spiro atoms. The molecule has 3 N–H and O–H groups in total. The number of nitrogens with one attached hydrogen (secondary N) is 1. The van der Waals surface area contributed by atoms with E-state index in [9.17, 15) is 19.2 Å². The molecule has 0 radical (unpaired) electrons. The van der Waals surface area contributed by atoms with Crippen molar-refractivity contribution < 1.29 is 19.2 Å².